The van der Waals surface area contributed by atoms with E-state index < -0.39 is 6.10 Å². The number of esters is 3. The van der Waals surface area contributed by atoms with Crippen LogP contribution >= 0.6 is 0 Å². The summed E-state index contributed by atoms with van der Waals surface area (Å²) in [5.74, 6) is -0.893. The molecule has 0 aliphatic rings. The number of allylic oxidation sites excluding steroid dienone is 18. The van der Waals surface area contributed by atoms with Crippen molar-refractivity contribution in [3.8, 4) is 0 Å². The zero-order valence-corrected chi connectivity index (χ0v) is 49.7. The first-order chi connectivity index (χ1) is 37.5. The van der Waals surface area contributed by atoms with Gasteiger partial charge < -0.3 is 14.2 Å². The lowest BCUT2D eigenvalue weighted by atomic mass is 10.0. The molecule has 0 aliphatic heterocycles. The molecule has 0 spiro atoms. The second kappa shape index (κ2) is 63.6. The van der Waals surface area contributed by atoms with E-state index in [0.717, 1.165) is 128 Å². The third-order valence-electron chi connectivity index (χ3n) is 13.5. The van der Waals surface area contributed by atoms with Crippen molar-refractivity contribution in [2.24, 2.45) is 0 Å². The number of carbonyl (C=O) groups is 3. The summed E-state index contributed by atoms with van der Waals surface area (Å²) < 4.78 is 16.9. The summed E-state index contributed by atoms with van der Waals surface area (Å²) in [5.41, 5.74) is 0. The molecule has 434 valence electrons. The number of unbranched alkanes of at least 4 members (excludes halogenated alkanes) is 28. The van der Waals surface area contributed by atoms with Gasteiger partial charge in [-0.1, -0.05) is 284 Å². The van der Waals surface area contributed by atoms with E-state index >= 15 is 0 Å². The normalized spacial score (nSPS) is 12.8. The quantitative estimate of drug-likeness (QED) is 0.0261. The summed E-state index contributed by atoms with van der Waals surface area (Å²) in [7, 11) is 0. The Morgan fingerprint density at radius 1 is 0.276 bits per heavy atom. The molecule has 0 saturated heterocycles. The largest absolute Gasteiger partial charge is 0.462 e. The molecule has 76 heavy (non-hydrogen) atoms. The fraction of sp³-hybridized carbons (Fsp3) is 0.700. The van der Waals surface area contributed by atoms with Crippen LogP contribution in [0.2, 0.25) is 0 Å². The molecule has 0 rings (SSSR count). The van der Waals surface area contributed by atoms with Gasteiger partial charge in [-0.25, -0.2) is 0 Å². The van der Waals surface area contributed by atoms with Crippen LogP contribution in [-0.2, 0) is 28.6 Å². The van der Waals surface area contributed by atoms with Crippen molar-refractivity contribution in [2.75, 3.05) is 13.2 Å². The van der Waals surface area contributed by atoms with Gasteiger partial charge in [0.05, 0.1) is 0 Å². The van der Waals surface area contributed by atoms with Crippen LogP contribution in [0.5, 0.6) is 0 Å². The molecule has 6 heteroatoms. The molecule has 0 saturated carbocycles. The molecule has 6 nitrogen and oxygen atoms in total. The summed E-state index contributed by atoms with van der Waals surface area (Å²) in [6.07, 6.45) is 86.6. The molecule has 0 fully saturated rings. The van der Waals surface area contributed by atoms with E-state index in [1.807, 2.05) is 0 Å². The predicted octanol–water partition coefficient (Wildman–Crippen LogP) is 21.8. The van der Waals surface area contributed by atoms with Crippen molar-refractivity contribution >= 4 is 17.9 Å². The molecule has 0 amide bonds. The highest BCUT2D eigenvalue weighted by molar-refractivity contribution is 5.71. The van der Waals surface area contributed by atoms with Crippen LogP contribution in [-0.4, -0.2) is 37.2 Å². The van der Waals surface area contributed by atoms with E-state index in [1.54, 1.807) is 0 Å². The molecular formula is C70H118O6. The van der Waals surface area contributed by atoms with Crippen molar-refractivity contribution < 1.29 is 28.6 Å². The number of rotatable bonds is 57. The fourth-order valence-corrected chi connectivity index (χ4v) is 8.81. The van der Waals surface area contributed by atoms with E-state index in [9.17, 15) is 14.4 Å². The van der Waals surface area contributed by atoms with Gasteiger partial charge in [0.2, 0.25) is 0 Å². The number of hydrogen-bond acceptors (Lipinski definition) is 6. The lowest BCUT2D eigenvalue weighted by Crippen LogP contribution is -2.30. The number of hydrogen-bond donors (Lipinski definition) is 0. The molecule has 0 aromatic heterocycles. The average Bonchev–Trinajstić information content (AvgIpc) is 3.42. The van der Waals surface area contributed by atoms with E-state index in [1.165, 1.54) is 128 Å². The second-order valence-electron chi connectivity index (χ2n) is 20.9. The predicted molar refractivity (Wildman–Crippen MR) is 330 cm³/mol. The fourth-order valence-electron chi connectivity index (χ4n) is 8.81. The standard InChI is InChI=1S/C70H118O6/c1-4-7-10-13-16-19-22-25-28-30-31-32-33-34-35-36-37-38-39-41-42-45-48-51-54-57-60-63-69(72)75-66-67(65-74-68(71)62-59-56-53-50-47-44-27-24-21-18-15-12-9-6-3)76-70(73)64-61-58-55-52-49-46-43-40-29-26-23-20-17-14-11-8-5-2/h7-8,10-11,16-17,19-20,25-26,28-29,31-32,34-35,37-38,67H,4-6,9,12-15,18,21-24,27,30,33,36,39-66H2,1-3H3/b10-7-,11-8-,19-16-,20-17-,28-25-,29-26-,32-31-,35-34-,38-37-. The third kappa shape index (κ3) is 60.9. The van der Waals surface area contributed by atoms with Crippen molar-refractivity contribution in [1.82, 2.24) is 0 Å². The zero-order valence-electron chi connectivity index (χ0n) is 49.7. The Labute approximate surface area is 470 Å². The summed E-state index contributed by atoms with van der Waals surface area (Å²) in [6, 6.07) is 0. The van der Waals surface area contributed by atoms with Gasteiger partial charge in [-0.2, -0.15) is 0 Å². The van der Waals surface area contributed by atoms with Crippen LogP contribution in [0.3, 0.4) is 0 Å². The van der Waals surface area contributed by atoms with Crippen LogP contribution < -0.4 is 0 Å². The van der Waals surface area contributed by atoms with Gasteiger partial charge in [-0.15, -0.1) is 0 Å². The summed E-state index contributed by atoms with van der Waals surface area (Å²) in [5, 5.41) is 0. The van der Waals surface area contributed by atoms with Gasteiger partial charge in [0.25, 0.3) is 0 Å². The van der Waals surface area contributed by atoms with E-state index in [-0.39, 0.29) is 31.1 Å². The highest BCUT2D eigenvalue weighted by Crippen LogP contribution is 2.16. The summed E-state index contributed by atoms with van der Waals surface area (Å²) in [6.45, 7) is 6.42. The average molecular weight is 1060 g/mol. The van der Waals surface area contributed by atoms with Gasteiger partial charge in [-0.3, -0.25) is 14.4 Å². The Kier molecular flexibility index (Phi) is 60.3. The monoisotopic (exact) mass is 1050 g/mol. The zero-order chi connectivity index (χ0) is 55.0. The Hall–Kier alpha value is -3.93. The van der Waals surface area contributed by atoms with Crippen LogP contribution in [0.1, 0.15) is 297 Å². The van der Waals surface area contributed by atoms with Gasteiger partial charge >= 0.3 is 17.9 Å². The first-order valence-electron chi connectivity index (χ1n) is 31.9. The van der Waals surface area contributed by atoms with E-state index in [2.05, 4.69) is 130 Å². The number of ether oxygens (including phenoxy) is 3. The minimum absolute atomic E-state index is 0.0830. The maximum absolute atomic E-state index is 12.9. The van der Waals surface area contributed by atoms with Gasteiger partial charge in [0.1, 0.15) is 13.2 Å². The molecule has 0 N–H and O–H groups in total. The molecule has 0 radical (unpaired) electrons. The van der Waals surface area contributed by atoms with Crippen molar-refractivity contribution in [3.63, 3.8) is 0 Å². The lowest BCUT2D eigenvalue weighted by Gasteiger charge is -2.18. The summed E-state index contributed by atoms with van der Waals surface area (Å²) >= 11 is 0. The Bertz CT molecular complexity index is 1540. The first-order valence-corrected chi connectivity index (χ1v) is 31.9. The van der Waals surface area contributed by atoms with Gasteiger partial charge in [-0.05, 0) is 103 Å². The van der Waals surface area contributed by atoms with Crippen LogP contribution in [0.4, 0.5) is 0 Å². The minimum Gasteiger partial charge on any atom is -0.462 e. The second-order valence-corrected chi connectivity index (χ2v) is 20.9. The molecule has 1 atom stereocenters. The molecule has 0 aliphatic carbocycles. The van der Waals surface area contributed by atoms with Crippen molar-refractivity contribution in [2.45, 2.75) is 303 Å². The molecule has 0 aromatic rings. The molecule has 0 aromatic carbocycles. The Morgan fingerprint density at radius 3 is 0.803 bits per heavy atom. The van der Waals surface area contributed by atoms with Crippen molar-refractivity contribution in [3.05, 3.63) is 109 Å². The molecule has 0 heterocycles. The van der Waals surface area contributed by atoms with E-state index in [0.29, 0.717) is 19.3 Å². The van der Waals surface area contributed by atoms with E-state index in [4.69, 9.17) is 14.2 Å². The van der Waals surface area contributed by atoms with Crippen LogP contribution in [0.25, 0.3) is 0 Å². The maximum atomic E-state index is 12.9. The van der Waals surface area contributed by atoms with Gasteiger partial charge in [0, 0.05) is 19.3 Å². The van der Waals surface area contributed by atoms with Crippen molar-refractivity contribution in [1.29, 1.82) is 0 Å². The maximum Gasteiger partial charge on any atom is 0.306 e. The topological polar surface area (TPSA) is 78.9 Å². The first kappa shape index (κ1) is 72.1. The third-order valence-corrected chi connectivity index (χ3v) is 13.5. The molecular weight excluding hydrogens is 937 g/mol. The molecule has 0 bridgehead atoms. The SMILES string of the molecule is CC/C=C\C/C=C\C/C=C\C/C=C\C/C=C\C/C=C\CCCCCCCCCCC(=O)OCC(COC(=O)CCCCCCCCCCCCCCCC)OC(=O)CCCCCCCCC/C=C\C/C=C\C/C=C\CC. The summed E-state index contributed by atoms with van der Waals surface area (Å²) in [4.78, 5) is 38.3. The van der Waals surface area contributed by atoms with Gasteiger partial charge in [0.15, 0.2) is 6.10 Å². The smallest absolute Gasteiger partial charge is 0.306 e. The highest BCUT2D eigenvalue weighted by atomic mass is 16.6. The highest BCUT2D eigenvalue weighted by Gasteiger charge is 2.19. The molecule has 1 unspecified atom stereocenters. The Morgan fingerprint density at radius 2 is 0.513 bits per heavy atom. The van der Waals surface area contributed by atoms with Crippen LogP contribution in [0.15, 0.2) is 109 Å². The lowest BCUT2D eigenvalue weighted by molar-refractivity contribution is -0.167. The number of carbonyl (C=O) groups excluding carboxylic acids is 3. The minimum atomic E-state index is -0.788. The van der Waals surface area contributed by atoms with Crippen LogP contribution in [0, 0.1) is 0 Å². The Balaban J connectivity index is 4.35.